The first kappa shape index (κ1) is 28.0. The topological polar surface area (TPSA) is 58.6 Å². The summed E-state index contributed by atoms with van der Waals surface area (Å²) >= 11 is 5.68. The maximum atomic E-state index is 6.56. The molecule has 0 radical (unpaired) electrons. The monoisotopic (exact) mass is 517 g/mol. The summed E-state index contributed by atoms with van der Waals surface area (Å²) in [4.78, 5) is 2.90. The molecule has 1 aliphatic rings. The summed E-state index contributed by atoms with van der Waals surface area (Å²) in [5.74, 6) is 2.65. The van der Waals surface area contributed by atoms with Crippen molar-refractivity contribution in [3.8, 4) is 23.0 Å². The molecule has 1 heterocycles. The van der Waals surface area contributed by atoms with Crippen molar-refractivity contribution in [2.24, 2.45) is 0 Å². The molecule has 0 fully saturated rings. The highest BCUT2D eigenvalue weighted by Crippen LogP contribution is 2.32. The quantitative estimate of drug-likeness (QED) is 0.467. The largest absolute Gasteiger partial charge is 0.487 e. The molecule has 0 saturated carbocycles. The first-order valence-electron chi connectivity index (χ1n) is 12.8. The molecular formula is C28H39NO6S. The third-order valence-corrected chi connectivity index (χ3v) is 6.35. The van der Waals surface area contributed by atoms with E-state index in [4.69, 9.17) is 40.6 Å². The minimum absolute atomic E-state index is 0.279. The average molecular weight is 518 g/mol. The van der Waals surface area contributed by atoms with E-state index < -0.39 is 5.60 Å². The Morgan fingerprint density at radius 3 is 1.69 bits per heavy atom. The molecular weight excluding hydrogens is 478 g/mol. The Hall–Kier alpha value is -2.55. The Morgan fingerprint density at radius 2 is 1.25 bits per heavy atom. The van der Waals surface area contributed by atoms with Crippen LogP contribution in [0.2, 0.25) is 0 Å². The minimum Gasteiger partial charge on any atom is -0.487 e. The van der Waals surface area contributed by atoms with Gasteiger partial charge in [-0.15, -0.1) is 0 Å². The van der Waals surface area contributed by atoms with Gasteiger partial charge in [0.25, 0.3) is 0 Å². The van der Waals surface area contributed by atoms with Gasteiger partial charge in [0.1, 0.15) is 37.0 Å². The number of ether oxygens (including phenoxy) is 6. The molecule has 0 N–H and O–H groups in total. The fraction of sp³-hybridized carbons (Fsp3) is 0.536. The molecule has 36 heavy (non-hydrogen) atoms. The van der Waals surface area contributed by atoms with Gasteiger partial charge in [-0.2, -0.15) is 0 Å². The Morgan fingerprint density at radius 1 is 0.778 bits per heavy atom. The molecule has 3 rings (SSSR count). The molecule has 0 spiro atoms. The fourth-order valence-electron chi connectivity index (χ4n) is 4.00. The van der Waals surface area contributed by atoms with Crippen LogP contribution in [0.5, 0.6) is 23.0 Å². The van der Waals surface area contributed by atoms with E-state index in [2.05, 4.69) is 25.7 Å². The third kappa shape index (κ3) is 8.25. The van der Waals surface area contributed by atoms with E-state index in [0.29, 0.717) is 56.0 Å². The van der Waals surface area contributed by atoms with Gasteiger partial charge in [0.15, 0.2) is 23.0 Å². The van der Waals surface area contributed by atoms with Crippen LogP contribution in [-0.2, 0) is 9.47 Å². The van der Waals surface area contributed by atoms with Crippen LogP contribution in [0.25, 0.3) is 0 Å². The van der Waals surface area contributed by atoms with E-state index in [1.165, 1.54) is 0 Å². The van der Waals surface area contributed by atoms with Crippen molar-refractivity contribution in [1.29, 1.82) is 0 Å². The zero-order chi connectivity index (χ0) is 25.6. The van der Waals surface area contributed by atoms with Gasteiger partial charge in [-0.05, 0) is 44.5 Å². The van der Waals surface area contributed by atoms with Crippen molar-refractivity contribution in [1.82, 2.24) is 4.90 Å². The lowest BCUT2D eigenvalue weighted by Gasteiger charge is -2.35. The molecule has 7 nitrogen and oxygen atoms in total. The normalized spacial score (nSPS) is 16.2. The molecule has 0 aliphatic carbocycles. The molecule has 2 aromatic rings. The molecule has 8 heteroatoms. The van der Waals surface area contributed by atoms with E-state index in [-0.39, 0.29) is 13.2 Å². The van der Waals surface area contributed by atoms with Gasteiger partial charge in [0.05, 0.1) is 19.8 Å². The molecule has 0 saturated heterocycles. The van der Waals surface area contributed by atoms with E-state index in [1.807, 2.05) is 48.5 Å². The number of nitrogens with zero attached hydrogens (tertiary/aromatic N) is 1. The number of benzene rings is 2. The SMILES string of the molecule is CCCC1(OCC(=S)N(CC)CC)COc2ccccc2OCCOCCOc2ccccc2OC1. The summed E-state index contributed by atoms with van der Waals surface area (Å²) in [5.41, 5.74) is -0.730. The number of rotatable bonds is 7. The van der Waals surface area contributed by atoms with Crippen LogP contribution in [0.4, 0.5) is 0 Å². The van der Waals surface area contributed by atoms with Crippen molar-refractivity contribution in [3.63, 3.8) is 0 Å². The lowest BCUT2D eigenvalue weighted by molar-refractivity contribution is -0.0905. The highest BCUT2D eigenvalue weighted by atomic mass is 32.1. The van der Waals surface area contributed by atoms with Crippen LogP contribution < -0.4 is 18.9 Å². The van der Waals surface area contributed by atoms with Crippen molar-refractivity contribution < 1.29 is 28.4 Å². The fourth-order valence-corrected chi connectivity index (χ4v) is 4.32. The summed E-state index contributed by atoms with van der Waals surface area (Å²) in [6, 6.07) is 15.3. The Kier molecular flexibility index (Phi) is 11.6. The summed E-state index contributed by atoms with van der Waals surface area (Å²) in [6.45, 7) is 10.6. The lowest BCUT2D eigenvalue weighted by atomic mass is 9.99. The Labute approximate surface area is 220 Å². The second-order valence-corrected chi connectivity index (χ2v) is 9.04. The maximum absolute atomic E-state index is 6.56. The zero-order valence-electron chi connectivity index (χ0n) is 21.7. The van der Waals surface area contributed by atoms with Gasteiger partial charge in [-0.1, -0.05) is 49.8 Å². The molecule has 1 aliphatic heterocycles. The standard InChI is InChI=1S/C28H39NO6S/c1-4-15-28(35-20-27(36)29(5-2)6-3)21-33-25-13-9-7-11-23(25)31-18-16-30-17-19-32-24-12-8-10-14-26(24)34-22-28/h7-14H,4-6,15-22H2,1-3H3. The number of thiocarbonyl (C=S) groups is 1. The van der Waals surface area contributed by atoms with E-state index >= 15 is 0 Å². The van der Waals surface area contributed by atoms with Crippen molar-refractivity contribution in [3.05, 3.63) is 48.5 Å². The van der Waals surface area contributed by atoms with Gasteiger partial charge >= 0.3 is 0 Å². The van der Waals surface area contributed by atoms with Crippen LogP contribution in [0.3, 0.4) is 0 Å². The van der Waals surface area contributed by atoms with E-state index in [0.717, 1.165) is 30.9 Å². The zero-order valence-corrected chi connectivity index (χ0v) is 22.5. The number of hydrogen-bond donors (Lipinski definition) is 0. The van der Waals surface area contributed by atoms with Gasteiger partial charge in [-0.3, -0.25) is 0 Å². The second kappa shape index (κ2) is 14.9. The predicted molar refractivity (Wildman–Crippen MR) is 145 cm³/mol. The summed E-state index contributed by atoms with van der Waals surface area (Å²) in [6.07, 6.45) is 1.62. The number of likely N-dealkylation sites (N-methyl/N-ethyl adjacent to an activating group) is 1. The van der Waals surface area contributed by atoms with Crippen LogP contribution in [-0.4, -0.2) is 74.8 Å². The summed E-state index contributed by atoms with van der Waals surface area (Å²) in [7, 11) is 0. The maximum Gasteiger partial charge on any atom is 0.161 e. The summed E-state index contributed by atoms with van der Waals surface area (Å²) < 4.78 is 36.8. The lowest BCUT2D eigenvalue weighted by Crippen LogP contribution is -2.47. The molecule has 198 valence electrons. The second-order valence-electron chi connectivity index (χ2n) is 8.57. The predicted octanol–water partition coefficient (Wildman–Crippen LogP) is 5.16. The third-order valence-electron chi connectivity index (χ3n) is 5.97. The first-order chi connectivity index (χ1) is 17.6. The highest BCUT2D eigenvalue weighted by molar-refractivity contribution is 7.80. The molecule has 0 amide bonds. The van der Waals surface area contributed by atoms with Crippen molar-refractivity contribution in [2.45, 2.75) is 39.2 Å². The number of para-hydroxylation sites is 4. The minimum atomic E-state index is -0.730. The molecule has 0 aromatic heterocycles. The smallest absolute Gasteiger partial charge is 0.161 e. The van der Waals surface area contributed by atoms with Crippen molar-refractivity contribution in [2.75, 3.05) is 59.3 Å². The first-order valence-corrected chi connectivity index (χ1v) is 13.2. The number of hydrogen-bond acceptors (Lipinski definition) is 7. The average Bonchev–Trinajstić information content (AvgIpc) is 2.90. The van der Waals surface area contributed by atoms with E-state index in [1.54, 1.807) is 0 Å². The molecule has 2 aromatic carbocycles. The Balaban J connectivity index is 1.88. The van der Waals surface area contributed by atoms with Crippen LogP contribution in [0.1, 0.15) is 33.6 Å². The molecule has 0 atom stereocenters. The molecule has 0 bridgehead atoms. The van der Waals surface area contributed by atoms with Crippen LogP contribution in [0.15, 0.2) is 48.5 Å². The highest BCUT2D eigenvalue weighted by Gasteiger charge is 2.34. The number of fused-ring (bicyclic) bond motifs is 2. The van der Waals surface area contributed by atoms with Gasteiger partial charge in [-0.25, -0.2) is 0 Å². The molecule has 0 unspecified atom stereocenters. The van der Waals surface area contributed by atoms with Gasteiger partial charge < -0.3 is 33.3 Å². The van der Waals surface area contributed by atoms with Gasteiger partial charge in [0, 0.05) is 13.1 Å². The van der Waals surface area contributed by atoms with Crippen LogP contribution >= 0.6 is 12.2 Å². The van der Waals surface area contributed by atoms with Crippen LogP contribution in [0, 0.1) is 0 Å². The van der Waals surface area contributed by atoms with Gasteiger partial charge in [0.2, 0.25) is 0 Å². The van der Waals surface area contributed by atoms with Crippen molar-refractivity contribution >= 4 is 17.2 Å². The van der Waals surface area contributed by atoms with E-state index in [9.17, 15) is 0 Å². The Bertz CT molecular complexity index is 880. The summed E-state index contributed by atoms with van der Waals surface area (Å²) in [5, 5.41) is 0.